The molecule has 6 aromatic carbocycles. The monoisotopic (exact) mass is 1460 g/mol. The van der Waals surface area contributed by atoms with Crippen molar-refractivity contribution in [1.29, 1.82) is 0 Å². The van der Waals surface area contributed by atoms with Gasteiger partial charge in [-0.1, -0.05) is 48.9 Å². The molecule has 13 rings (SSSR count). The summed E-state index contributed by atoms with van der Waals surface area (Å²) in [6, 6.07) is 29.7. The normalized spacial score (nSPS) is 18.9. The van der Waals surface area contributed by atoms with E-state index in [2.05, 4.69) is 37.5 Å². The number of alkyl halides is 10. The average Bonchev–Trinajstić information content (AvgIpc) is 1.64. The van der Waals surface area contributed by atoms with Gasteiger partial charge in [0.1, 0.15) is 11.5 Å². The van der Waals surface area contributed by atoms with Gasteiger partial charge in [0, 0.05) is 81.3 Å². The highest BCUT2D eigenvalue weighted by Gasteiger charge is 2.43. The second-order valence-corrected chi connectivity index (χ2v) is 27.1. The number of aromatic nitrogens is 6. The van der Waals surface area contributed by atoms with Crippen LogP contribution in [0.25, 0.3) is 33.1 Å². The van der Waals surface area contributed by atoms with Gasteiger partial charge >= 0.3 is 18.5 Å². The zero-order valence-corrected chi connectivity index (χ0v) is 57.5. The van der Waals surface area contributed by atoms with Crippen molar-refractivity contribution in [1.82, 2.24) is 38.5 Å². The van der Waals surface area contributed by atoms with Gasteiger partial charge in [0.2, 0.25) is 29.7 Å². The van der Waals surface area contributed by atoms with E-state index in [1.807, 2.05) is 41.3 Å². The molecule has 5 atom stereocenters. The van der Waals surface area contributed by atoms with E-state index in [0.29, 0.717) is 66.9 Å². The van der Waals surface area contributed by atoms with Crippen LogP contribution in [0.1, 0.15) is 167 Å². The van der Waals surface area contributed by atoms with E-state index in [4.69, 9.17) is 0 Å². The van der Waals surface area contributed by atoms with E-state index in [1.54, 1.807) is 52.3 Å². The predicted molar refractivity (Wildman–Crippen MR) is 373 cm³/mol. The second kappa shape index (κ2) is 31.2. The molecule has 1 aliphatic carbocycles. The van der Waals surface area contributed by atoms with Crippen LogP contribution in [0.5, 0.6) is 0 Å². The van der Waals surface area contributed by atoms with Crippen molar-refractivity contribution in [3.8, 4) is 0 Å². The average molecular weight is 1460 g/mol. The molecule has 9 aromatic rings. The molecule has 4 unspecified atom stereocenters. The topological polar surface area (TPSA) is 239 Å². The summed E-state index contributed by atoms with van der Waals surface area (Å²) in [5.41, 5.74) is 1.06. The fourth-order valence-electron chi connectivity index (χ4n) is 14.3. The van der Waals surface area contributed by atoms with Crippen LogP contribution in [0.2, 0.25) is 0 Å². The number of piperidine rings is 1. The van der Waals surface area contributed by atoms with E-state index >= 15 is 0 Å². The number of benzene rings is 6. The number of likely N-dealkylation sites (N-methyl/N-ethyl adjacent to an activating group) is 1. The first-order valence-corrected chi connectivity index (χ1v) is 34.4. The molecule has 4 fully saturated rings. The smallest absolute Gasteiger partial charge is 0.396 e. The summed E-state index contributed by atoms with van der Waals surface area (Å²) in [6.45, 7) is 6.87. The summed E-state index contributed by atoms with van der Waals surface area (Å²) in [4.78, 5) is 92.5. The van der Waals surface area contributed by atoms with Crippen molar-refractivity contribution in [3.05, 3.63) is 190 Å². The highest BCUT2D eigenvalue weighted by atomic mass is 19.4. The number of halogens is 10. The lowest BCUT2D eigenvalue weighted by molar-refractivity contribution is -0.138. The number of carbonyl (C=O) groups excluding carboxylic acids is 6. The molecule has 2 bridgehead atoms. The minimum Gasteiger partial charge on any atom is -0.396 e. The SMILES string of the molecule is C=CCCn1c(NC(=O)c2cccc(C(F)(F)F)c2)nc2cc(C3CCN(C)C3=O)ccc21.CC(=O)N1C2CCC1CC(c1ccc3c(c1)nc(NC(=O)c1cccc(C(F)(F)F)c1)n3CCCO)C2.C[C@@](F)(CO)Cn1c(NC(=O)c2cccc(C(F)(F)F)c2)nc2cc(C3CCCCC3=O)ccc21. The molecule has 29 heteroatoms. The van der Waals surface area contributed by atoms with E-state index in [0.717, 1.165) is 122 Å². The van der Waals surface area contributed by atoms with Gasteiger partial charge in [-0.15, -0.1) is 6.58 Å². The van der Waals surface area contributed by atoms with Gasteiger partial charge in [-0.05, 0) is 178 Å². The summed E-state index contributed by atoms with van der Waals surface area (Å²) < 4.78 is 137. The summed E-state index contributed by atoms with van der Waals surface area (Å²) in [5, 5.41) is 26.6. The van der Waals surface area contributed by atoms with E-state index in [-0.39, 0.29) is 89.2 Å². The third kappa shape index (κ3) is 17.3. The molecule has 3 aromatic heterocycles. The fraction of sp³-hybridized carbons (Fsp3) is 0.382. The quantitative estimate of drug-likeness (QED) is 0.0400. The van der Waals surface area contributed by atoms with Crippen LogP contribution < -0.4 is 16.0 Å². The number of anilines is 3. The number of nitrogens with zero attached hydrogens (tertiary/aromatic N) is 8. The molecule has 5 amide bonds. The maximum atomic E-state index is 14.8. The van der Waals surface area contributed by atoms with Crippen LogP contribution in [0.3, 0.4) is 0 Å². The number of nitrogens with one attached hydrogen (secondary N) is 3. The number of fused-ring (bicyclic) bond motifs is 5. The van der Waals surface area contributed by atoms with Crippen molar-refractivity contribution in [2.75, 3.05) is 42.8 Å². The Kier molecular flexibility index (Phi) is 22.5. The molecule has 0 radical (unpaired) electrons. The Balaban J connectivity index is 0.000000158. The number of aryl methyl sites for hydroxylation is 2. The van der Waals surface area contributed by atoms with Gasteiger partial charge in [-0.25, -0.2) is 19.3 Å². The number of aliphatic hydroxyl groups excluding tert-OH is 2. The van der Waals surface area contributed by atoms with Crippen LogP contribution in [-0.2, 0) is 52.5 Å². The molecule has 6 heterocycles. The maximum Gasteiger partial charge on any atom is 0.416 e. The first kappa shape index (κ1) is 75.9. The Morgan fingerprint density at radius 1 is 0.562 bits per heavy atom. The molecule has 5 N–H and O–H groups in total. The highest BCUT2D eigenvalue weighted by Crippen LogP contribution is 2.44. The van der Waals surface area contributed by atoms with Gasteiger partial charge in [-0.3, -0.25) is 44.7 Å². The van der Waals surface area contributed by atoms with E-state index in [1.165, 1.54) is 41.8 Å². The molecule has 554 valence electrons. The number of likely N-dealkylation sites (tertiary alicyclic amines) is 1. The number of Topliss-reactive ketones (excluding diaryl/α,β-unsaturated/α-hetero) is 1. The number of rotatable bonds is 18. The number of carbonyl (C=O) groups is 6. The third-order valence-electron chi connectivity index (χ3n) is 19.6. The lowest BCUT2D eigenvalue weighted by atomic mass is 9.83. The van der Waals surface area contributed by atoms with Crippen LogP contribution >= 0.6 is 0 Å². The molecular formula is C76H77F10N11O8. The third-order valence-corrected chi connectivity index (χ3v) is 19.6. The minimum absolute atomic E-state index is 0.0542. The Hall–Kier alpha value is -10.3. The number of allylic oxidation sites excluding steroid dienone is 1. The standard InChI is InChI=1S/C27H29F3N4O3.C25H25F4N3O3.C24H23F3N4O2/c1-16(36)34-21-7-8-22(34)14-19(13-21)17-6-9-24-23(15-17)31-26(33(24)10-3-11-35)32-25(37)18-4-2-5-20(12-18)27(28,29)30;1-24(26,14-33)13-32-20-10-9-15(18-7-2-3-8-21(18)34)12-19(20)30-23(32)31-22(35)16-5-4-6-17(11-16)25(27,28)29;1-3-4-11-31-20-9-8-15(18-10-12-30(2)22(18)33)14-19(20)28-23(31)29-21(32)16-6-5-7-17(13-16)24(25,26)27/h2,4-6,9,12,15,19,21-22,35H,3,7-8,10-11,13-14H2,1H3,(H,31,32,37);4-6,9-12,18,33H,2-3,7-8,13-14H2,1H3,(H,30,31,35);3,5-9,13-14,18H,1,4,10-12H2,2H3,(H,28,29,32)/t;18?,24-;/m.0./s1. The van der Waals surface area contributed by atoms with Gasteiger partial charge in [0.05, 0.1) is 68.9 Å². The first-order valence-electron chi connectivity index (χ1n) is 34.4. The number of ketones is 1. The summed E-state index contributed by atoms with van der Waals surface area (Å²) in [5.74, 6) is -1.74. The van der Waals surface area contributed by atoms with Gasteiger partial charge in [0.25, 0.3) is 17.7 Å². The van der Waals surface area contributed by atoms with Crippen molar-refractivity contribution >= 4 is 86.3 Å². The zero-order chi connectivity index (χ0) is 75.4. The summed E-state index contributed by atoms with van der Waals surface area (Å²) in [7, 11) is 1.77. The molecule has 105 heavy (non-hydrogen) atoms. The van der Waals surface area contributed by atoms with Crippen molar-refractivity contribution < 1.29 is 82.9 Å². The van der Waals surface area contributed by atoms with Crippen LogP contribution in [0.4, 0.5) is 61.7 Å². The minimum atomic E-state index is -4.62. The van der Waals surface area contributed by atoms with Gasteiger partial charge in [-0.2, -0.15) is 39.5 Å². The lowest BCUT2D eigenvalue weighted by Gasteiger charge is -2.38. The van der Waals surface area contributed by atoms with Crippen LogP contribution in [0, 0.1) is 0 Å². The summed E-state index contributed by atoms with van der Waals surface area (Å²) in [6.07, 6.45) is -3.41. The molecule has 3 saturated heterocycles. The van der Waals surface area contributed by atoms with Crippen molar-refractivity contribution in [2.24, 2.45) is 0 Å². The van der Waals surface area contributed by atoms with Gasteiger partial charge in [0.15, 0.2) is 0 Å². The van der Waals surface area contributed by atoms with Crippen LogP contribution in [-0.4, -0.2) is 129 Å². The number of hydrogen-bond acceptors (Lipinski definition) is 11. The molecular weight excluding hydrogens is 1380 g/mol. The van der Waals surface area contributed by atoms with Crippen molar-refractivity contribution in [3.63, 3.8) is 0 Å². The number of imidazole rings is 3. The highest BCUT2D eigenvalue weighted by molar-refractivity contribution is 6.06. The zero-order valence-electron chi connectivity index (χ0n) is 57.5. The maximum absolute atomic E-state index is 14.8. The number of hydrogen-bond donors (Lipinski definition) is 5. The predicted octanol–water partition coefficient (Wildman–Crippen LogP) is 15.0. The van der Waals surface area contributed by atoms with E-state index in [9.17, 15) is 82.9 Å². The number of amides is 5. The molecule has 3 aliphatic heterocycles. The Morgan fingerprint density at radius 2 is 1.00 bits per heavy atom. The fourth-order valence-corrected chi connectivity index (χ4v) is 14.3. The van der Waals surface area contributed by atoms with E-state index < -0.39 is 65.2 Å². The number of aliphatic hydroxyl groups is 2. The van der Waals surface area contributed by atoms with Gasteiger partial charge < -0.3 is 33.7 Å². The molecule has 4 aliphatic rings. The largest absolute Gasteiger partial charge is 0.416 e. The summed E-state index contributed by atoms with van der Waals surface area (Å²) >= 11 is 0. The first-order chi connectivity index (χ1) is 49.8. The second-order valence-electron chi connectivity index (χ2n) is 27.1. The Labute approximate surface area is 596 Å². The Bertz CT molecular complexity index is 4760. The van der Waals surface area contributed by atoms with Crippen molar-refractivity contribution in [2.45, 2.75) is 158 Å². The molecule has 1 saturated carbocycles. The lowest BCUT2D eigenvalue weighted by Crippen LogP contribution is -2.44. The molecule has 0 spiro atoms. The Morgan fingerprint density at radius 3 is 1.42 bits per heavy atom. The molecule has 19 nitrogen and oxygen atoms in total. The van der Waals surface area contributed by atoms with Crippen LogP contribution in [0.15, 0.2) is 140 Å².